The van der Waals surface area contributed by atoms with Crippen LogP contribution in [0.5, 0.6) is 0 Å². The van der Waals surface area contributed by atoms with Crippen LogP contribution in [0.3, 0.4) is 0 Å². The SMILES string of the molecule is CCCCC/C=C/C/C=C/C/C=C/C/C=C/CCCC(=O)O[C@H](COC(=O)CCCCCCCCCCCCCCCCCCCCCCCC)COP(=O)([O-])OCC[N+](C)(C)C. The topological polar surface area (TPSA) is 111 Å². The van der Waals surface area contributed by atoms with Gasteiger partial charge in [-0.05, 0) is 51.4 Å². The minimum absolute atomic E-state index is 0.0409. The molecule has 63 heavy (non-hydrogen) atoms. The smallest absolute Gasteiger partial charge is 0.306 e. The van der Waals surface area contributed by atoms with Gasteiger partial charge in [0.1, 0.15) is 19.8 Å². The molecule has 0 bridgehead atoms. The van der Waals surface area contributed by atoms with Crippen LogP contribution in [0.15, 0.2) is 48.6 Å². The van der Waals surface area contributed by atoms with E-state index in [9.17, 15) is 19.0 Å². The van der Waals surface area contributed by atoms with E-state index in [4.69, 9.17) is 18.5 Å². The zero-order chi connectivity index (χ0) is 46.4. The van der Waals surface area contributed by atoms with Gasteiger partial charge < -0.3 is 27.9 Å². The number of unbranched alkanes of at least 4 members (excludes halogenated alkanes) is 25. The first-order valence-corrected chi connectivity index (χ1v) is 27.3. The lowest BCUT2D eigenvalue weighted by molar-refractivity contribution is -0.870. The van der Waals surface area contributed by atoms with Crippen LogP contribution in [0.2, 0.25) is 0 Å². The lowest BCUT2D eigenvalue weighted by Gasteiger charge is -2.28. The standard InChI is InChI=1S/C53H98NO8P/c1-6-8-10-12-14-16-18-20-22-24-25-26-27-28-30-31-33-35-37-39-41-43-45-52(55)59-49-51(50-61-63(57,58)60-48-47-54(3,4)5)62-53(56)46-44-42-40-38-36-34-32-29-23-21-19-17-15-13-11-9-7-2/h15,17,21,23,32,34,38,40,51H,6-14,16,18-20,22,24-31,33,35-37,39,41-50H2,1-5H3/b17-15+,23-21+,34-32+,40-38+/t51-/m1/s1. The van der Waals surface area contributed by atoms with Gasteiger partial charge in [-0.3, -0.25) is 14.2 Å². The number of carbonyl (C=O) groups is 2. The fourth-order valence-electron chi connectivity index (χ4n) is 7.06. The highest BCUT2D eigenvalue weighted by molar-refractivity contribution is 7.45. The highest BCUT2D eigenvalue weighted by Gasteiger charge is 2.21. The van der Waals surface area contributed by atoms with Gasteiger partial charge in [0, 0.05) is 12.8 Å². The minimum atomic E-state index is -4.64. The number of likely N-dealkylation sites (N-methyl/N-ethyl adjacent to an activating group) is 1. The van der Waals surface area contributed by atoms with E-state index in [0.717, 1.165) is 38.5 Å². The Morgan fingerprint density at radius 2 is 0.873 bits per heavy atom. The Hall–Kier alpha value is -2.03. The van der Waals surface area contributed by atoms with E-state index < -0.39 is 32.5 Å². The molecule has 0 rings (SSSR count). The Morgan fingerprint density at radius 3 is 1.32 bits per heavy atom. The number of hydrogen-bond donors (Lipinski definition) is 0. The molecule has 0 aromatic heterocycles. The van der Waals surface area contributed by atoms with Crippen molar-refractivity contribution in [1.82, 2.24) is 0 Å². The molecule has 0 spiro atoms. The monoisotopic (exact) mass is 908 g/mol. The minimum Gasteiger partial charge on any atom is -0.756 e. The largest absolute Gasteiger partial charge is 0.756 e. The van der Waals surface area contributed by atoms with Crippen LogP contribution >= 0.6 is 7.82 Å². The van der Waals surface area contributed by atoms with Gasteiger partial charge in [-0.15, -0.1) is 0 Å². The van der Waals surface area contributed by atoms with Crippen LogP contribution in [0.4, 0.5) is 0 Å². The van der Waals surface area contributed by atoms with E-state index in [1.54, 1.807) is 0 Å². The maximum atomic E-state index is 12.7. The second kappa shape index (κ2) is 45.1. The first-order chi connectivity index (χ1) is 30.5. The summed E-state index contributed by atoms with van der Waals surface area (Å²) < 4.78 is 34.0. The van der Waals surface area contributed by atoms with Crippen LogP contribution in [0, 0.1) is 0 Å². The zero-order valence-electron chi connectivity index (χ0n) is 41.5. The summed E-state index contributed by atoms with van der Waals surface area (Å²) in [7, 11) is 1.13. The van der Waals surface area contributed by atoms with Gasteiger partial charge in [0.25, 0.3) is 7.82 Å². The Morgan fingerprint density at radius 1 is 0.492 bits per heavy atom. The van der Waals surface area contributed by atoms with Crippen molar-refractivity contribution in [3.05, 3.63) is 48.6 Å². The first kappa shape index (κ1) is 61.0. The maximum absolute atomic E-state index is 12.7. The first-order valence-electron chi connectivity index (χ1n) is 25.8. The van der Waals surface area contributed by atoms with Crippen molar-refractivity contribution >= 4 is 19.8 Å². The molecule has 9 nitrogen and oxygen atoms in total. The Balaban J connectivity index is 4.28. The van der Waals surface area contributed by atoms with E-state index in [0.29, 0.717) is 23.9 Å². The highest BCUT2D eigenvalue weighted by Crippen LogP contribution is 2.38. The molecular formula is C53H98NO8P. The van der Waals surface area contributed by atoms with Gasteiger partial charge in [0.15, 0.2) is 6.10 Å². The van der Waals surface area contributed by atoms with Crippen molar-refractivity contribution in [2.75, 3.05) is 47.5 Å². The molecule has 0 amide bonds. The Kier molecular flexibility index (Phi) is 43.7. The molecule has 0 aliphatic rings. The predicted octanol–water partition coefficient (Wildman–Crippen LogP) is 14.8. The molecule has 0 aromatic rings. The number of ether oxygens (including phenoxy) is 2. The number of esters is 2. The number of phosphoric acid groups is 1. The number of nitrogens with zero attached hydrogens (tertiary/aromatic N) is 1. The number of carbonyl (C=O) groups excluding carboxylic acids is 2. The van der Waals surface area contributed by atoms with Crippen LogP contribution < -0.4 is 4.89 Å². The number of quaternary nitrogens is 1. The van der Waals surface area contributed by atoms with Crippen molar-refractivity contribution in [2.24, 2.45) is 0 Å². The van der Waals surface area contributed by atoms with Crippen LogP contribution in [0.1, 0.15) is 226 Å². The molecule has 1 unspecified atom stereocenters. The summed E-state index contributed by atoms with van der Waals surface area (Å²) in [6.07, 6.45) is 54.4. The average molecular weight is 908 g/mol. The molecule has 0 aromatic carbocycles. The van der Waals surface area contributed by atoms with Gasteiger partial charge in [-0.2, -0.15) is 0 Å². The number of phosphoric ester groups is 1. The quantitative estimate of drug-likeness (QED) is 0.0195. The molecule has 0 heterocycles. The van der Waals surface area contributed by atoms with Crippen molar-refractivity contribution in [1.29, 1.82) is 0 Å². The molecule has 0 radical (unpaired) electrons. The molecule has 0 N–H and O–H groups in total. The number of allylic oxidation sites excluding steroid dienone is 8. The lowest BCUT2D eigenvalue weighted by Crippen LogP contribution is -2.37. The molecule has 0 aliphatic carbocycles. The van der Waals surface area contributed by atoms with E-state index >= 15 is 0 Å². The van der Waals surface area contributed by atoms with Crippen molar-refractivity contribution in [3.63, 3.8) is 0 Å². The number of hydrogen-bond acceptors (Lipinski definition) is 8. The molecule has 10 heteroatoms. The van der Waals surface area contributed by atoms with Crippen LogP contribution in [0.25, 0.3) is 0 Å². The summed E-state index contributed by atoms with van der Waals surface area (Å²) in [5.41, 5.74) is 0. The van der Waals surface area contributed by atoms with Crippen LogP contribution in [-0.2, 0) is 32.7 Å². The highest BCUT2D eigenvalue weighted by atomic mass is 31.2. The summed E-state index contributed by atoms with van der Waals surface area (Å²) in [4.78, 5) is 37.7. The second-order valence-corrected chi connectivity index (χ2v) is 20.0. The van der Waals surface area contributed by atoms with E-state index in [1.165, 1.54) is 148 Å². The third kappa shape index (κ3) is 49.2. The van der Waals surface area contributed by atoms with E-state index in [-0.39, 0.29) is 26.1 Å². The third-order valence-electron chi connectivity index (χ3n) is 11.1. The summed E-state index contributed by atoms with van der Waals surface area (Å²) >= 11 is 0. The average Bonchev–Trinajstić information content (AvgIpc) is 3.24. The zero-order valence-corrected chi connectivity index (χ0v) is 42.4. The predicted molar refractivity (Wildman–Crippen MR) is 264 cm³/mol. The van der Waals surface area contributed by atoms with Gasteiger partial charge in [-0.25, -0.2) is 0 Å². The van der Waals surface area contributed by atoms with Crippen LogP contribution in [-0.4, -0.2) is 70.0 Å². The molecule has 0 saturated heterocycles. The normalized spacial score (nSPS) is 13.8. The van der Waals surface area contributed by atoms with Crippen molar-refractivity contribution < 1.29 is 42.1 Å². The van der Waals surface area contributed by atoms with E-state index in [1.807, 2.05) is 27.2 Å². The fraction of sp³-hybridized carbons (Fsp3) is 0.811. The molecule has 0 saturated carbocycles. The second-order valence-electron chi connectivity index (χ2n) is 18.5. The van der Waals surface area contributed by atoms with Crippen molar-refractivity contribution in [2.45, 2.75) is 232 Å². The van der Waals surface area contributed by atoms with E-state index in [2.05, 4.69) is 56.4 Å². The molecule has 368 valence electrons. The molecule has 0 fully saturated rings. The van der Waals surface area contributed by atoms with Gasteiger partial charge in [0.05, 0.1) is 27.7 Å². The third-order valence-corrected chi connectivity index (χ3v) is 12.1. The summed E-state index contributed by atoms with van der Waals surface area (Å²) in [5, 5.41) is 0. The lowest BCUT2D eigenvalue weighted by atomic mass is 10.0. The molecule has 0 aliphatic heterocycles. The van der Waals surface area contributed by atoms with Crippen molar-refractivity contribution in [3.8, 4) is 0 Å². The van der Waals surface area contributed by atoms with Gasteiger partial charge in [0.2, 0.25) is 0 Å². The summed E-state index contributed by atoms with van der Waals surface area (Å²) in [5.74, 6) is -0.893. The van der Waals surface area contributed by atoms with Gasteiger partial charge >= 0.3 is 11.9 Å². The maximum Gasteiger partial charge on any atom is 0.306 e. The fourth-order valence-corrected chi connectivity index (χ4v) is 7.79. The molecule has 2 atom stereocenters. The Bertz CT molecular complexity index is 1210. The summed E-state index contributed by atoms with van der Waals surface area (Å²) in [6, 6.07) is 0. The molecular weight excluding hydrogens is 810 g/mol. The summed E-state index contributed by atoms with van der Waals surface area (Å²) in [6.45, 7) is 4.16. The van der Waals surface area contributed by atoms with Gasteiger partial charge in [-0.1, -0.05) is 210 Å². The Labute approximate surface area is 388 Å². The number of rotatable bonds is 47.